The molecule has 3 unspecified atom stereocenters. The van der Waals surface area contributed by atoms with Crippen molar-refractivity contribution >= 4 is 0 Å². The molecule has 3 aliphatic carbocycles. The number of hydrogen-bond acceptors (Lipinski definition) is 1. The van der Waals surface area contributed by atoms with E-state index in [2.05, 4.69) is 32.0 Å². The summed E-state index contributed by atoms with van der Waals surface area (Å²) in [4.78, 5) is 0. The zero-order valence-corrected chi connectivity index (χ0v) is 18.4. The van der Waals surface area contributed by atoms with Crippen LogP contribution in [-0.4, -0.2) is 12.7 Å². The maximum atomic E-state index is 6.18. The van der Waals surface area contributed by atoms with Gasteiger partial charge in [0, 0.05) is 6.61 Å². The van der Waals surface area contributed by atoms with Gasteiger partial charge in [0.1, 0.15) is 0 Å². The SMILES string of the molecule is CCCCO[C@@H]1CC[C@@H]2CC(C3CCc4cc(CCC)ccc4C3)CCC2C1. The van der Waals surface area contributed by atoms with E-state index in [-0.39, 0.29) is 0 Å². The molecule has 2 fully saturated rings. The van der Waals surface area contributed by atoms with Gasteiger partial charge in [0.15, 0.2) is 0 Å². The number of benzene rings is 1. The Kier molecular flexibility index (Phi) is 7.15. The van der Waals surface area contributed by atoms with Crippen LogP contribution < -0.4 is 0 Å². The third kappa shape index (κ3) is 4.84. The molecule has 156 valence electrons. The van der Waals surface area contributed by atoms with E-state index in [1.54, 1.807) is 16.7 Å². The zero-order chi connectivity index (χ0) is 19.3. The molecule has 3 aliphatic rings. The van der Waals surface area contributed by atoms with Gasteiger partial charge in [-0.2, -0.15) is 0 Å². The van der Waals surface area contributed by atoms with E-state index in [1.165, 1.54) is 83.5 Å². The lowest BCUT2D eigenvalue weighted by Crippen LogP contribution is -2.37. The Balaban J connectivity index is 1.29. The lowest BCUT2D eigenvalue weighted by molar-refractivity contribution is -0.0247. The van der Waals surface area contributed by atoms with Crippen LogP contribution in [0.15, 0.2) is 18.2 Å². The van der Waals surface area contributed by atoms with Crippen LogP contribution in [0.1, 0.15) is 94.7 Å². The predicted octanol–water partition coefficient (Wildman–Crippen LogP) is 7.15. The number of hydrogen-bond donors (Lipinski definition) is 0. The van der Waals surface area contributed by atoms with Gasteiger partial charge in [0.25, 0.3) is 0 Å². The molecule has 0 N–H and O–H groups in total. The lowest BCUT2D eigenvalue weighted by Gasteiger charge is -2.45. The molecule has 0 aromatic heterocycles. The molecule has 0 saturated heterocycles. The van der Waals surface area contributed by atoms with Crippen LogP contribution in [0.5, 0.6) is 0 Å². The lowest BCUT2D eigenvalue weighted by atomic mass is 9.62. The van der Waals surface area contributed by atoms with Gasteiger partial charge in [-0.1, -0.05) is 44.9 Å². The fourth-order valence-electron chi connectivity index (χ4n) is 6.54. The molecule has 1 heteroatoms. The Morgan fingerprint density at radius 3 is 2.43 bits per heavy atom. The number of fused-ring (bicyclic) bond motifs is 2. The second kappa shape index (κ2) is 9.79. The van der Waals surface area contributed by atoms with Gasteiger partial charge in [-0.3, -0.25) is 0 Å². The number of rotatable bonds is 7. The van der Waals surface area contributed by atoms with Crippen LogP contribution in [0.3, 0.4) is 0 Å². The van der Waals surface area contributed by atoms with Crippen molar-refractivity contribution in [1.29, 1.82) is 0 Å². The minimum absolute atomic E-state index is 0.572. The third-order valence-electron chi connectivity index (χ3n) is 8.20. The molecule has 2 saturated carbocycles. The molecular formula is C27H42O. The highest BCUT2D eigenvalue weighted by atomic mass is 16.5. The summed E-state index contributed by atoms with van der Waals surface area (Å²) < 4.78 is 6.18. The normalized spacial score (nSPS) is 32.6. The highest BCUT2D eigenvalue weighted by molar-refractivity contribution is 5.34. The van der Waals surface area contributed by atoms with E-state index in [9.17, 15) is 0 Å². The molecule has 1 aromatic carbocycles. The molecule has 0 aliphatic heterocycles. The summed E-state index contributed by atoms with van der Waals surface area (Å²) in [5.74, 6) is 3.90. The quantitative estimate of drug-likeness (QED) is 0.455. The van der Waals surface area contributed by atoms with Gasteiger partial charge in [-0.25, -0.2) is 0 Å². The largest absolute Gasteiger partial charge is 0.378 e. The summed E-state index contributed by atoms with van der Waals surface area (Å²) >= 11 is 0. The minimum atomic E-state index is 0.572. The summed E-state index contributed by atoms with van der Waals surface area (Å²) in [5, 5.41) is 0. The van der Waals surface area contributed by atoms with Crippen molar-refractivity contribution in [2.75, 3.05) is 6.61 Å². The molecule has 28 heavy (non-hydrogen) atoms. The van der Waals surface area contributed by atoms with E-state index in [0.29, 0.717) is 6.10 Å². The number of ether oxygens (including phenoxy) is 1. The van der Waals surface area contributed by atoms with Gasteiger partial charge in [-0.05, 0) is 111 Å². The fraction of sp³-hybridized carbons (Fsp3) is 0.778. The number of aryl methyl sites for hydroxylation is 2. The first kappa shape index (κ1) is 20.5. The molecule has 0 spiro atoms. The van der Waals surface area contributed by atoms with Crippen molar-refractivity contribution in [2.24, 2.45) is 23.7 Å². The van der Waals surface area contributed by atoms with Gasteiger partial charge >= 0.3 is 0 Å². The topological polar surface area (TPSA) is 9.23 Å². The van der Waals surface area contributed by atoms with Gasteiger partial charge in [0.2, 0.25) is 0 Å². The Hall–Kier alpha value is -0.820. The van der Waals surface area contributed by atoms with E-state index < -0.39 is 0 Å². The average Bonchev–Trinajstić information content (AvgIpc) is 2.73. The first-order valence-corrected chi connectivity index (χ1v) is 12.5. The standard InChI is InChI=1S/C27H42O/c1-3-5-15-28-27-14-13-25-18-24(11-12-26(25)19-27)23-10-9-21-16-20(6-4-2)7-8-22(21)17-23/h7-8,16,23-27H,3-6,9-15,17-19H2,1-2H3/t23?,24?,25-,26?,27-/m1/s1. The van der Waals surface area contributed by atoms with E-state index in [0.717, 1.165) is 30.3 Å². The van der Waals surface area contributed by atoms with Crippen molar-refractivity contribution in [3.05, 3.63) is 34.9 Å². The average molecular weight is 383 g/mol. The third-order valence-corrected chi connectivity index (χ3v) is 8.20. The molecule has 0 amide bonds. The Morgan fingerprint density at radius 2 is 1.61 bits per heavy atom. The summed E-state index contributed by atoms with van der Waals surface area (Å²) in [6, 6.07) is 7.39. The summed E-state index contributed by atoms with van der Waals surface area (Å²) in [6.45, 7) is 5.54. The minimum Gasteiger partial charge on any atom is -0.378 e. The maximum absolute atomic E-state index is 6.18. The van der Waals surface area contributed by atoms with Gasteiger partial charge in [-0.15, -0.1) is 0 Å². The van der Waals surface area contributed by atoms with Crippen LogP contribution >= 0.6 is 0 Å². The van der Waals surface area contributed by atoms with Crippen molar-refractivity contribution in [3.63, 3.8) is 0 Å². The molecule has 0 heterocycles. The fourth-order valence-corrected chi connectivity index (χ4v) is 6.54. The predicted molar refractivity (Wildman–Crippen MR) is 119 cm³/mol. The van der Waals surface area contributed by atoms with E-state index in [1.807, 2.05) is 0 Å². The summed E-state index contributed by atoms with van der Waals surface area (Å²) in [6.07, 6.45) is 18.3. The Morgan fingerprint density at radius 1 is 0.821 bits per heavy atom. The van der Waals surface area contributed by atoms with E-state index in [4.69, 9.17) is 4.74 Å². The van der Waals surface area contributed by atoms with Crippen molar-refractivity contribution in [3.8, 4) is 0 Å². The highest BCUT2D eigenvalue weighted by Crippen LogP contribution is 2.47. The van der Waals surface area contributed by atoms with Crippen LogP contribution in [0.4, 0.5) is 0 Å². The van der Waals surface area contributed by atoms with Gasteiger partial charge < -0.3 is 4.74 Å². The Labute approximate surface area is 173 Å². The molecule has 5 atom stereocenters. The smallest absolute Gasteiger partial charge is 0.0578 e. The summed E-state index contributed by atoms with van der Waals surface area (Å²) in [7, 11) is 0. The van der Waals surface area contributed by atoms with Crippen LogP contribution in [0.2, 0.25) is 0 Å². The molecular weight excluding hydrogens is 340 g/mol. The number of unbranched alkanes of at least 4 members (excludes halogenated alkanes) is 1. The monoisotopic (exact) mass is 382 g/mol. The van der Waals surface area contributed by atoms with E-state index >= 15 is 0 Å². The molecule has 0 radical (unpaired) electrons. The Bertz CT molecular complexity index is 621. The van der Waals surface area contributed by atoms with Gasteiger partial charge in [0.05, 0.1) is 6.10 Å². The molecule has 1 nitrogen and oxygen atoms in total. The zero-order valence-electron chi connectivity index (χ0n) is 18.4. The van der Waals surface area contributed by atoms with Crippen LogP contribution in [0, 0.1) is 23.7 Å². The van der Waals surface area contributed by atoms with Crippen molar-refractivity contribution in [1.82, 2.24) is 0 Å². The van der Waals surface area contributed by atoms with Crippen LogP contribution in [0.25, 0.3) is 0 Å². The second-order valence-electron chi connectivity index (χ2n) is 10.1. The second-order valence-corrected chi connectivity index (χ2v) is 10.1. The first-order valence-electron chi connectivity index (χ1n) is 12.5. The summed E-state index contributed by atoms with van der Waals surface area (Å²) in [5.41, 5.74) is 4.89. The maximum Gasteiger partial charge on any atom is 0.0578 e. The molecule has 1 aromatic rings. The highest BCUT2D eigenvalue weighted by Gasteiger charge is 2.38. The molecule has 0 bridgehead atoms. The first-order chi connectivity index (χ1) is 13.8. The molecule has 4 rings (SSSR count). The van der Waals surface area contributed by atoms with Crippen molar-refractivity contribution < 1.29 is 4.74 Å². The van der Waals surface area contributed by atoms with Crippen LogP contribution in [-0.2, 0) is 24.0 Å². The van der Waals surface area contributed by atoms with Crippen molar-refractivity contribution in [2.45, 2.75) is 103 Å².